The van der Waals surface area contributed by atoms with E-state index in [0.717, 1.165) is 18.6 Å². The molecule has 1 aliphatic heterocycles. The van der Waals surface area contributed by atoms with Crippen LogP contribution in [0.2, 0.25) is 0 Å². The smallest absolute Gasteiger partial charge is 0.305 e. The number of carboxylic acids is 1. The van der Waals surface area contributed by atoms with E-state index in [4.69, 9.17) is 10.2 Å². The highest BCUT2D eigenvalue weighted by Gasteiger charge is 2.24. The maximum Gasteiger partial charge on any atom is 0.305 e. The Hall–Kier alpha value is -1.52. The minimum Gasteiger partial charge on any atom is -0.516 e. The monoisotopic (exact) mass is 212 g/mol. The summed E-state index contributed by atoms with van der Waals surface area (Å²) < 4.78 is 0. The number of hydrogen-bond donors (Lipinski definition) is 2. The fraction of sp³-hybridized carbons (Fsp3) is 0.600. The molecular weight excluding hydrogens is 196 g/mol. The number of aliphatic hydroxyl groups is 1. The van der Waals surface area contributed by atoms with Crippen LogP contribution in [-0.2, 0) is 4.79 Å². The summed E-state index contributed by atoms with van der Waals surface area (Å²) in [6, 6.07) is -0.149. The van der Waals surface area contributed by atoms with Gasteiger partial charge < -0.3 is 15.1 Å². The summed E-state index contributed by atoms with van der Waals surface area (Å²) in [6.45, 7) is 3.48. The van der Waals surface area contributed by atoms with E-state index in [-0.39, 0.29) is 12.5 Å². The second-order valence-electron chi connectivity index (χ2n) is 3.42. The van der Waals surface area contributed by atoms with Crippen molar-refractivity contribution in [3.05, 3.63) is 12.3 Å². The van der Waals surface area contributed by atoms with Crippen molar-refractivity contribution in [3.8, 4) is 0 Å². The van der Waals surface area contributed by atoms with Gasteiger partial charge in [0, 0.05) is 19.5 Å². The molecule has 1 atom stereocenters. The van der Waals surface area contributed by atoms with Crippen LogP contribution in [0.3, 0.4) is 0 Å². The highest BCUT2D eigenvalue weighted by atomic mass is 16.4. The SMILES string of the molecule is CCN1CC(CC(=O)O)N=C1CC=CO. The lowest BCUT2D eigenvalue weighted by Crippen LogP contribution is -2.29. The van der Waals surface area contributed by atoms with E-state index in [1.807, 2.05) is 11.8 Å². The van der Waals surface area contributed by atoms with Crippen molar-refractivity contribution < 1.29 is 15.0 Å². The first-order valence-electron chi connectivity index (χ1n) is 5.00. The number of nitrogens with zero attached hydrogens (tertiary/aromatic N) is 2. The molecular formula is C10H16N2O3. The fourth-order valence-electron chi connectivity index (χ4n) is 1.66. The Morgan fingerprint density at radius 2 is 2.47 bits per heavy atom. The van der Waals surface area contributed by atoms with Crippen LogP contribution in [0.5, 0.6) is 0 Å². The van der Waals surface area contributed by atoms with Gasteiger partial charge >= 0.3 is 5.97 Å². The van der Waals surface area contributed by atoms with E-state index in [1.165, 1.54) is 0 Å². The van der Waals surface area contributed by atoms with Crippen molar-refractivity contribution in [1.82, 2.24) is 4.90 Å². The van der Waals surface area contributed by atoms with Crippen LogP contribution in [0.1, 0.15) is 19.8 Å². The molecule has 1 aliphatic rings. The van der Waals surface area contributed by atoms with Crippen LogP contribution in [0.25, 0.3) is 0 Å². The van der Waals surface area contributed by atoms with Gasteiger partial charge in [0.2, 0.25) is 0 Å². The molecule has 15 heavy (non-hydrogen) atoms. The van der Waals surface area contributed by atoms with Crippen molar-refractivity contribution >= 4 is 11.8 Å². The van der Waals surface area contributed by atoms with Gasteiger partial charge in [0.05, 0.1) is 18.7 Å². The van der Waals surface area contributed by atoms with Crippen LogP contribution >= 0.6 is 0 Å². The molecule has 84 valence electrons. The largest absolute Gasteiger partial charge is 0.516 e. The molecule has 1 heterocycles. The zero-order chi connectivity index (χ0) is 11.3. The Bertz CT molecular complexity index is 286. The number of aliphatic carboxylic acids is 1. The third kappa shape index (κ3) is 3.27. The Morgan fingerprint density at radius 3 is 3.00 bits per heavy atom. The van der Waals surface area contributed by atoms with Gasteiger partial charge in [0.25, 0.3) is 0 Å². The number of carboxylic acid groups (broad SMARTS) is 1. The zero-order valence-electron chi connectivity index (χ0n) is 8.76. The molecule has 0 aliphatic carbocycles. The van der Waals surface area contributed by atoms with Crippen LogP contribution in [0.15, 0.2) is 17.3 Å². The third-order valence-corrected chi connectivity index (χ3v) is 2.33. The molecule has 0 aromatic rings. The molecule has 5 nitrogen and oxygen atoms in total. The Balaban J connectivity index is 2.59. The Labute approximate surface area is 88.7 Å². The highest BCUT2D eigenvalue weighted by molar-refractivity contribution is 5.85. The summed E-state index contributed by atoms with van der Waals surface area (Å²) in [5.41, 5.74) is 0. The quantitative estimate of drug-likeness (QED) is 0.667. The second-order valence-corrected chi connectivity index (χ2v) is 3.42. The van der Waals surface area contributed by atoms with Gasteiger partial charge in [-0.1, -0.05) is 0 Å². The molecule has 0 fully saturated rings. The molecule has 2 N–H and O–H groups in total. The third-order valence-electron chi connectivity index (χ3n) is 2.33. The van der Waals surface area contributed by atoms with Gasteiger partial charge in [-0.2, -0.15) is 0 Å². The molecule has 0 spiro atoms. The van der Waals surface area contributed by atoms with E-state index in [1.54, 1.807) is 6.08 Å². The van der Waals surface area contributed by atoms with Crippen molar-refractivity contribution in [2.45, 2.75) is 25.8 Å². The van der Waals surface area contributed by atoms with Gasteiger partial charge in [-0.3, -0.25) is 9.79 Å². The van der Waals surface area contributed by atoms with E-state index >= 15 is 0 Å². The topological polar surface area (TPSA) is 73.1 Å². The standard InChI is InChI=1S/C10H16N2O3/c1-2-12-7-8(6-10(14)15)11-9(12)4-3-5-13/h3,5,8,13H,2,4,6-7H2,1H3,(H,14,15). The summed E-state index contributed by atoms with van der Waals surface area (Å²) in [5.74, 6) is 0.0350. The zero-order valence-corrected chi connectivity index (χ0v) is 8.76. The van der Waals surface area contributed by atoms with Gasteiger partial charge in [0.1, 0.15) is 5.84 Å². The number of aliphatic imine (C=N–C) groups is 1. The van der Waals surface area contributed by atoms with Gasteiger partial charge in [-0.15, -0.1) is 0 Å². The van der Waals surface area contributed by atoms with Crippen LogP contribution in [-0.4, -0.2) is 46.0 Å². The number of hydrogen-bond acceptors (Lipinski definition) is 4. The molecule has 0 amide bonds. The molecule has 0 bridgehead atoms. The number of likely N-dealkylation sites (N-methyl/N-ethyl adjacent to an activating group) is 1. The van der Waals surface area contributed by atoms with Crippen LogP contribution in [0.4, 0.5) is 0 Å². The minimum atomic E-state index is -0.821. The lowest BCUT2D eigenvalue weighted by atomic mass is 10.2. The normalized spacial score (nSPS) is 21.0. The first-order chi connectivity index (χ1) is 7.17. The molecule has 1 unspecified atom stereocenters. The fourth-order valence-corrected chi connectivity index (χ4v) is 1.66. The number of carbonyl (C=O) groups is 1. The van der Waals surface area contributed by atoms with Crippen molar-refractivity contribution in [1.29, 1.82) is 0 Å². The maximum absolute atomic E-state index is 10.5. The molecule has 0 aromatic heterocycles. The first-order valence-corrected chi connectivity index (χ1v) is 5.00. The predicted molar refractivity (Wildman–Crippen MR) is 57.1 cm³/mol. The lowest BCUT2D eigenvalue weighted by Gasteiger charge is -2.17. The van der Waals surface area contributed by atoms with Crippen molar-refractivity contribution in [2.24, 2.45) is 4.99 Å². The van der Waals surface area contributed by atoms with E-state index < -0.39 is 5.97 Å². The van der Waals surface area contributed by atoms with Crippen LogP contribution < -0.4 is 0 Å². The molecule has 0 radical (unpaired) electrons. The molecule has 1 rings (SSSR count). The molecule has 0 saturated heterocycles. The number of amidine groups is 1. The van der Waals surface area contributed by atoms with Gasteiger partial charge in [-0.05, 0) is 13.0 Å². The van der Waals surface area contributed by atoms with Crippen LogP contribution in [0, 0.1) is 0 Å². The van der Waals surface area contributed by atoms with E-state index in [0.29, 0.717) is 13.0 Å². The predicted octanol–water partition coefficient (Wildman–Crippen LogP) is 1.03. The summed E-state index contributed by atoms with van der Waals surface area (Å²) in [6.07, 6.45) is 3.22. The summed E-state index contributed by atoms with van der Waals surface area (Å²) in [4.78, 5) is 16.9. The Kier molecular flexibility index (Phi) is 4.15. The highest BCUT2D eigenvalue weighted by Crippen LogP contribution is 2.14. The number of aliphatic hydroxyl groups excluding tert-OH is 1. The summed E-state index contributed by atoms with van der Waals surface area (Å²) in [5, 5.41) is 17.2. The summed E-state index contributed by atoms with van der Waals surface area (Å²) >= 11 is 0. The minimum absolute atomic E-state index is 0.0723. The maximum atomic E-state index is 10.5. The summed E-state index contributed by atoms with van der Waals surface area (Å²) in [7, 11) is 0. The lowest BCUT2D eigenvalue weighted by molar-refractivity contribution is -0.137. The second kappa shape index (κ2) is 5.38. The average Bonchev–Trinajstić information content (AvgIpc) is 2.56. The van der Waals surface area contributed by atoms with Crippen molar-refractivity contribution in [3.63, 3.8) is 0 Å². The van der Waals surface area contributed by atoms with E-state index in [2.05, 4.69) is 4.99 Å². The van der Waals surface area contributed by atoms with Gasteiger partial charge in [0.15, 0.2) is 0 Å². The first kappa shape index (κ1) is 11.6. The van der Waals surface area contributed by atoms with E-state index in [9.17, 15) is 4.79 Å². The molecule has 0 saturated carbocycles. The van der Waals surface area contributed by atoms with Crippen molar-refractivity contribution in [2.75, 3.05) is 13.1 Å². The average molecular weight is 212 g/mol. The molecule has 5 heteroatoms. The Morgan fingerprint density at radius 1 is 1.73 bits per heavy atom. The molecule has 0 aromatic carbocycles. The van der Waals surface area contributed by atoms with Gasteiger partial charge in [-0.25, -0.2) is 0 Å². The number of rotatable bonds is 5.